The fraction of sp³-hybridized carbons (Fsp3) is 0.889. The van der Waals surface area contributed by atoms with Crippen molar-refractivity contribution >= 4 is 6.03 Å². The zero-order chi connectivity index (χ0) is 9.52. The van der Waals surface area contributed by atoms with Gasteiger partial charge >= 0.3 is 6.03 Å². The van der Waals surface area contributed by atoms with E-state index in [1.54, 1.807) is 0 Å². The van der Waals surface area contributed by atoms with Gasteiger partial charge in [-0.2, -0.15) is 0 Å². The number of likely N-dealkylation sites (tertiary alicyclic amines) is 1. The molecule has 0 aromatic rings. The number of urea groups is 1. The lowest BCUT2D eigenvalue weighted by atomic mass is 10.3. The third-order valence-electron chi connectivity index (χ3n) is 2.40. The smallest absolute Gasteiger partial charge is 0.312 e. The molecule has 0 atom stereocenters. The lowest BCUT2D eigenvalue weighted by Gasteiger charge is -2.13. The maximum Gasteiger partial charge on any atom is 0.312 e. The summed E-state index contributed by atoms with van der Waals surface area (Å²) in [7, 11) is 0. The van der Waals surface area contributed by atoms with Crippen molar-refractivity contribution in [2.45, 2.75) is 25.7 Å². The Hall–Kier alpha value is -0.770. The number of nitrogens with two attached hydrogens (primary N) is 1. The van der Waals surface area contributed by atoms with E-state index in [9.17, 15) is 4.79 Å². The van der Waals surface area contributed by atoms with Crippen molar-refractivity contribution in [3.63, 3.8) is 0 Å². The molecule has 1 aliphatic heterocycles. The Balaban J connectivity index is 1.86. The first-order chi connectivity index (χ1) is 6.29. The maximum absolute atomic E-state index is 10.3. The lowest BCUT2D eigenvalue weighted by Crippen LogP contribution is -2.30. The van der Waals surface area contributed by atoms with Crippen molar-refractivity contribution in [3.05, 3.63) is 0 Å². The van der Waals surface area contributed by atoms with E-state index >= 15 is 0 Å². The van der Waals surface area contributed by atoms with Crippen LogP contribution in [0.3, 0.4) is 0 Å². The molecule has 4 heteroatoms. The van der Waals surface area contributed by atoms with E-state index in [0.717, 1.165) is 12.8 Å². The van der Waals surface area contributed by atoms with Gasteiger partial charge in [0.1, 0.15) is 0 Å². The normalized spacial score (nSPS) is 17.5. The van der Waals surface area contributed by atoms with E-state index in [-0.39, 0.29) is 0 Å². The molecule has 2 amide bonds. The molecule has 1 heterocycles. The van der Waals surface area contributed by atoms with Crippen LogP contribution in [0.1, 0.15) is 25.7 Å². The van der Waals surface area contributed by atoms with E-state index < -0.39 is 6.03 Å². The van der Waals surface area contributed by atoms with E-state index in [0.29, 0.717) is 6.54 Å². The van der Waals surface area contributed by atoms with Crippen LogP contribution in [-0.2, 0) is 0 Å². The molecule has 4 nitrogen and oxygen atoms in total. The molecule has 0 bridgehead atoms. The monoisotopic (exact) mass is 185 g/mol. The molecule has 3 N–H and O–H groups in total. The number of carbonyl (C=O) groups excluding carboxylic acids is 1. The van der Waals surface area contributed by atoms with Crippen LogP contribution in [0.5, 0.6) is 0 Å². The highest BCUT2D eigenvalue weighted by Crippen LogP contribution is 2.07. The number of hydrogen-bond acceptors (Lipinski definition) is 2. The van der Waals surface area contributed by atoms with Crippen LogP contribution < -0.4 is 11.1 Å². The van der Waals surface area contributed by atoms with Gasteiger partial charge in [-0.3, -0.25) is 0 Å². The second kappa shape index (κ2) is 5.80. The van der Waals surface area contributed by atoms with Gasteiger partial charge < -0.3 is 16.0 Å². The van der Waals surface area contributed by atoms with Gasteiger partial charge in [-0.25, -0.2) is 4.79 Å². The molecule has 1 aliphatic rings. The summed E-state index contributed by atoms with van der Waals surface area (Å²) in [5.74, 6) is 0. The Bertz CT molecular complexity index is 155. The van der Waals surface area contributed by atoms with Crippen molar-refractivity contribution in [1.82, 2.24) is 10.2 Å². The van der Waals surface area contributed by atoms with Crippen LogP contribution in [-0.4, -0.2) is 37.1 Å². The number of nitrogens with zero attached hydrogens (tertiary/aromatic N) is 1. The molecule has 0 spiro atoms. The van der Waals surface area contributed by atoms with Crippen molar-refractivity contribution in [2.75, 3.05) is 26.2 Å². The molecule has 0 aromatic carbocycles. The number of unbranched alkanes of at least 4 members (excludes halogenated alkanes) is 1. The van der Waals surface area contributed by atoms with Gasteiger partial charge in [0, 0.05) is 6.54 Å². The maximum atomic E-state index is 10.3. The van der Waals surface area contributed by atoms with E-state index in [1.807, 2.05) is 0 Å². The first-order valence-corrected chi connectivity index (χ1v) is 5.05. The minimum Gasteiger partial charge on any atom is -0.352 e. The quantitative estimate of drug-likeness (QED) is 0.614. The molecule has 13 heavy (non-hydrogen) atoms. The highest BCUT2D eigenvalue weighted by molar-refractivity contribution is 5.71. The zero-order valence-corrected chi connectivity index (χ0v) is 8.09. The third-order valence-corrected chi connectivity index (χ3v) is 2.40. The average Bonchev–Trinajstić information content (AvgIpc) is 2.55. The van der Waals surface area contributed by atoms with Crippen LogP contribution in [0.15, 0.2) is 0 Å². The summed E-state index contributed by atoms with van der Waals surface area (Å²) in [5, 5.41) is 2.59. The topological polar surface area (TPSA) is 58.4 Å². The number of primary amides is 1. The molecule has 0 aliphatic carbocycles. The molecule has 1 rings (SSSR count). The van der Waals surface area contributed by atoms with Gasteiger partial charge in [0.2, 0.25) is 0 Å². The van der Waals surface area contributed by atoms with Crippen molar-refractivity contribution < 1.29 is 4.79 Å². The Morgan fingerprint density at radius 2 is 2.00 bits per heavy atom. The van der Waals surface area contributed by atoms with Gasteiger partial charge in [0.25, 0.3) is 0 Å². The van der Waals surface area contributed by atoms with Gasteiger partial charge in [-0.1, -0.05) is 0 Å². The Kier molecular flexibility index (Phi) is 4.60. The van der Waals surface area contributed by atoms with Crippen LogP contribution in [0.25, 0.3) is 0 Å². The standard InChI is InChI=1S/C9H19N3O/c10-9(13)11-5-1-2-6-12-7-3-4-8-12/h1-8H2,(H3,10,11,13). The summed E-state index contributed by atoms with van der Waals surface area (Å²) >= 11 is 0. The van der Waals surface area contributed by atoms with Gasteiger partial charge in [0.05, 0.1) is 0 Å². The molecule has 1 fully saturated rings. The minimum absolute atomic E-state index is 0.416. The first-order valence-electron chi connectivity index (χ1n) is 5.05. The average molecular weight is 185 g/mol. The number of rotatable bonds is 5. The molecule has 1 saturated heterocycles. The highest BCUT2D eigenvalue weighted by Gasteiger charge is 2.09. The number of amides is 2. The van der Waals surface area contributed by atoms with Crippen LogP contribution in [0.2, 0.25) is 0 Å². The summed E-state index contributed by atoms with van der Waals surface area (Å²) < 4.78 is 0. The van der Waals surface area contributed by atoms with Gasteiger partial charge in [-0.05, 0) is 45.3 Å². The molecule has 0 aromatic heterocycles. The summed E-state index contributed by atoms with van der Waals surface area (Å²) in [6.07, 6.45) is 4.87. The number of hydrogen-bond donors (Lipinski definition) is 2. The Morgan fingerprint density at radius 1 is 1.31 bits per heavy atom. The molecular weight excluding hydrogens is 166 g/mol. The minimum atomic E-state index is -0.416. The fourth-order valence-corrected chi connectivity index (χ4v) is 1.68. The summed E-state index contributed by atoms with van der Waals surface area (Å²) in [5.41, 5.74) is 4.94. The van der Waals surface area contributed by atoms with Gasteiger partial charge in [-0.15, -0.1) is 0 Å². The SMILES string of the molecule is NC(=O)NCCCCN1CCCC1. The van der Waals surface area contributed by atoms with Crippen LogP contribution in [0, 0.1) is 0 Å². The van der Waals surface area contributed by atoms with Gasteiger partial charge in [0.15, 0.2) is 0 Å². The molecule has 0 unspecified atom stereocenters. The van der Waals surface area contributed by atoms with Crippen molar-refractivity contribution in [3.8, 4) is 0 Å². The van der Waals surface area contributed by atoms with Crippen molar-refractivity contribution in [2.24, 2.45) is 5.73 Å². The largest absolute Gasteiger partial charge is 0.352 e. The molecular formula is C9H19N3O. The summed E-state index contributed by atoms with van der Waals surface area (Å²) in [4.78, 5) is 12.8. The first kappa shape index (κ1) is 10.3. The van der Waals surface area contributed by atoms with Crippen LogP contribution in [0.4, 0.5) is 4.79 Å². The van der Waals surface area contributed by atoms with Crippen molar-refractivity contribution in [1.29, 1.82) is 0 Å². The molecule has 0 radical (unpaired) electrons. The third kappa shape index (κ3) is 4.72. The Morgan fingerprint density at radius 3 is 2.62 bits per heavy atom. The predicted molar refractivity (Wildman–Crippen MR) is 52.5 cm³/mol. The summed E-state index contributed by atoms with van der Waals surface area (Å²) in [6.45, 7) is 4.39. The number of carbonyl (C=O) groups is 1. The lowest BCUT2D eigenvalue weighted by molar-refractivity contribution is 0.248. The second-order valence-corrected chi connectivity index (χ2v) is 3.55. The van der Waals surface area contributed by atoms with E-state index in [4.69, 9.17) is 5.73 Å². The van der Waals surface area contributed by atoms with E-state index in [2.05, 4.69) is 10.2 Å². The second-order valence-electron chi connectivity index (χ2n) is 3.55. The number of nitrogens with one attached hydrogen (secondary N) is 1. The molecule has 76 valence electrons. The fourth-order valence-electron chi connectivity index (χ4n) is 1.68. The van der Waals surface area contributed by atoms with E-state index in [1.165, 1.54) is 32.5 Å². The Labute approximate surface area is 79.5 Å². The molecule has 0 saturated carbocycles. The zero-order valence-electron chi connectivity index (χ0n) is 8.09. The summed E-state index contributed by atoms with van der Waals surface area (Å²) in [6, 6.07) is -0.416. The predicted octanol–water partition coefficient (Wildman–Crippen LogP) is 0.531. The van der Waals surface area contributed by atoms with Crippen LogP contribution >= 0.6 is 0 Å². The highest BCUT2D eigenvalue weighted by atomic mass is 16.2.